The molecule has 0 unspecified atom stereocenters. The van der Waals surface area contributed by atoms with Crippen molar-refractivity contribution in [1.29, 1.82) is 0 Å². The van der Waals surface area contributed by atoms with Crippen LogP contribution in [0.4, 0.5) is 5.82 Å². The van der Waals surface area contributed by atoms with Crippen molar-refractivity contribution in [3.63, 3.8) is 0 Å². The summed E-state index contributed by atoms with van der Waals surface area (Å²) in [5.74, 6) is 0.540. The van der Waals surface area contributed by atoms with Gasteiger partial charge in [0.15, 0.2) is 5.60 Å². The lowest BCUT2D eigenvalue weighted by molar-refractivity contribution is -0.140. The first-order chi connectivity index (χ1) is 15.6. The molecule has 1 aromatic carbocycles. The number of ether oxygens (including phenoxy) is 1. The standard InChI is InChI=1S/C24H25N5O3/c25-22(30)17-6-8-20(29-19(17)10-13-26-29)27-14-11-24(12-15-27)23(31)28-18(7-9-21(28)32-24)16-4-2-1-3-5-16/h1-6,8,10,13,18,21H,7,9,11-12,14-15H2,(H2,25,30)/t18-,21+/m0/s1. The highest BCUT2D eigenvalue weighted by Crippen LogP contribution is 2.47. The number of nitrogens with two attached hydrogens (primary N) is 1. The molecule has 32 heavy (non-hydrogen) atoms. The van der Waals surface area contributed by atoms with Crippen LogP contribution in [0.3, 0.4) is 0 Å². The second-order valence-corrected chi connectivity index (χ2v) is 8.87. The van der Waals surface area contributed by atoms with E-state index < -0.39 is 11.5 Å². The first kappa shape index (κ1) is 19.3. The molecule has 2 aromatic heterocycles. The van der Waals surface area contributed by atoms with Crippen LogP contribution in [-0.4, -0.2) is 51.2 Å². The van der Waals surface area contributed by atoms with Gasteiger partial charge in [0.05, 0.1) is 23.3 Å². The number of hydrogen-bond acceptors (Lipinski definition) is 5. The Balaban J connectivity index is 1.23. The highest BCUT2D eigenvalue weighted by Gasteiger charge is 2.58. The molecule has 3 aliphatic heterocycles. The van der Waals surface area contributed by atoms with Crippen molar-refractivity contribution in [2.45, 2.75) is 43.6 Å². The first-order valence-electron chi connectivity index (χ1n) is 11.1. The normalized spacial score (nSPS) is 24.4. The van der Waals surface area contributed by atoms with E-state index in [2.05, 4.69) is 22.1 Å². The Bertz CT molecular complexity index is 1200. The first-order valence-corrected chi connectivity index (χ1v) is 11.1. The van der Waals surface area contributed by atoms with Gasteiger partial charge in [-0.25, -0.2) is 4.52 Å². The van der Waals surface area contributed by atoms with E-state index in [0.717, 1.165) is 18.7 Å². The summed E-state index contributed by atoms with van der Waals surface area (Å²) in [5, 5.41) is 4.39. The summed E-state index contributed by atoms with van der Waals surface area (Å²) < 4.78 is 8.20. The maximum Gasteiger partial charge on any atom is 0.257 e. The Morgan fingerprint density at radius 3 is 2.59 bits per heavy atom. The van der Waals surface area contributed by atoms with Crippen LogP contribution in [0.2, 0.25) is 0 Å². The molecule has 0 saturated carbocycles. The van der Waals surface area contributed by atoms with E-state index in [1.54, 1.807) is 22.8 Å². The lowest BCUT2D eigenvalue weighted by Crippen LogP contribution is -2.50. The van der Waals surface area contributed by atoms with Gasteiger partial charge in [-0.3, -0.25) is 9.59 Å². The van der Waals surface area contributed by atoms with Crippen molar-refractivity contribution in [3.05, 3.63) is 65.9 Å². The zero-order valence-electron chi connectivity index (χ0n) is 17.7. The lowest BCUT2D eigenvalue weighted by atomic mass is 9.89. The maximum atomic E-state index is 13.6. The average molecular weight is 431 g/mol. The molecule has 3 aliphatic rings. The molecule has 0 radical (unpaired) electrons. The fourth-order valence-electron chi connectivity index (χ4n) is 5.60. The number of rotatable bonds is 3. The van der Waals surface area contributed by atoms with E-state index in [0.29, 0.717) is 37.0 Å². The number of amides is 2. The number of fused-ring (bicyclic) bond motifs is 2. The van der Waals surface area contributed by atoms with Crippen molar-refractivity contribution in [2.75, 3.05) is 18.0 Å². The van der Waals surface area contributed by atoms with Gasteiger partial charge in [0.1, 0.15) is 12.0 Å². The molecule has 6 rings (SSSR count). The summed E-state index contributed by atoms with van der Waals surface area (Å²) >= 11 is 0. The van der Waals surface area contributed by atoms with Gasteiger partial charge in [0.25, 0.3) is 11.8 Å². The molecule has 1 spiro atoms. The van der Waals surface area contributed by atoms with Gasteiger partial charge in [-0.15, -0.1) is 0 Å². The summed E-state index contributed by atoms with van der Waals surface area (Å²) in [6, 6.07) is 15.7. The predicted molar refractivity (Wildman–Crippen MR) is 118 cm³/mol. The van der Waals surface area contributed by atoms with Crippen LogP contribution >= 0.6 is 0 Å². The molecule has 3 aromatic rings. The number of primary amides is 1. The van der Waals surface area contributed by atoms with E-state index >= 15 is 0 Å². The molecule has 8 nitrogen and oxygen atoms in total. The number of benzene rings is 1. The topological polar surface area (TPSA) is 93.2 Å². The monoisotopic (exact) mass is 431 g/mol. The smallest absolute Gasteiger partial charge is 0.257 e. The van der Waals surface area contributed by atoms with Crippen LogP contribution in [0.1, 0.15) is 47.6 Å². The number of carbonyl (C=O) groups excluding carboxylic acids is 2. The second-order valence-electron chi connectivity index (χ2n) is 8.87. The summed E-state index contributed by atoms with van der Waals surface area (Å²) in [7, 11) is 0. The molecule has 5 heterocycles. The summed E-state index contributed by atoms with van der Waals surface area (Å²) in [4.78, 5) is 29.5. The van der Waals surface area contributed by atoms with Crippen molar-refractivity contribution in [1.82, 2.24) is 14.5 Å². The van der Waals surface area contributed by atoms with E-state index in [1.807, 2.05) is 29.2 Å². The molecule has 164 valence electrons. The largest absolute Gasteiger partial charge is 0.366 e. The minimum atomic E-state index is -0.745. The summed E-state index contributed by atoms with van der Waals surface area (Å²) in [6.45, 7) is 1.35. The van der Waals surface area contributed by atoms with Gasteiger partial charge in [-0.2, -0.15) is 5.10 Å². The zero-order valence-corrected chi connectivity index (χ0v) is 17.7. The van der Waals surface area contributed by atoms with Gasteiger partial charge >= 0.3 is 0 Å². The number of anilines is 1. The minimum absolute atomic E-state index is 0.0937. The van der Waals surface area contributed by atoms with Gasteiger partial charge in [-0.05, 0) is 36.6 Å². The molecule has 8 heteroatoms. The van der Waals surface area contributed by atoms with Crippen LogP contribution in [0.15, 0.2) is 54.7 Å². The Morgan fingerprint density at radius 1 is 1.06 bits per heavy atom. The molecular formula is C24H25N5O3. The lowest BCUT2D eigenvalue weighted by Gasteiger charge is -2.38. The fraction of sp³-hybridized carbons (Fsp3) is 0.375. The highest BCUT2D eigenvalue weighted by molar-refractivity contribution is 6.00. The van der Waals surface area contributed by atoms with Crippen LogP contribution < -0.4 is 10.6 Å². The Labute approximate surface area is 185 Å². The summed E-state index contributed by atoms with van der Waals surface area (Å²) in [5.41, 5.74) is 7.08. The van der Waals surface area contributed by atoms with E-state index in [9.17, 15) is 9.59 Å². The number of piperidine rings is 1. The predicted octanol–water partition coefficient (Wildman–Crippen LogP) is 2.49. The number of aromatic nitrogens is 2. The van der Waals surface area contributed by atoms with Gasteiger partial charge < -0.3 is 20.3 Å². The Hall–Kier alpha value is -3.39. The molecule has 3 saturated heterocycles. The van der Waals surface area contributed by atoms with E-state index in [1.165, 1.54) is 5.56 Å². The number of carbonyl (C=O) groups is 2. The zero-order chi connectivity index (χ0) is 21.9. The van der Waals surface area contributed by atoms with E-state index in [4.69, 9.17) is 10.5 Å². The molecular weight excluding hydrogens is 406 g/mol. The third-order valence-electron chi connectivity index (χ3n) is 7.20. The van der Waals surface area contributed by atoms with Crippen LogP contribution in [0.5, 0.6) is 0 Å². The fourth-order valence-corrected chi connectivity index (χ4v) is 5.60. The van der Waals surface area contributed by atoms with Crippen LogP contribution in [0, 0.1) is 0 Å². The third-order valence-corrected chi connectivity index (χ3v) is 7.20. The summed E-state index contributed by atoms with van der Waals surface area (Å²) in [6.07, 6.45) is 4.59. The van der Waals surface area contributed by atoms with Gasteiger partial charge in [0, 0.05) is 25.9 Å². The van der Waals surface area contributed by atoms with Crippen molar-refractivity contribution in [2.24, 2.45) is 5.73 Å². The van der Waals surface area contributed by atoms with Gasteiger partial charge in [0.2, 0.25) is 0 Å². The number of hydrogen-bond donors (Lipinski definition) is 1. The van der Waals surface area contributed by atoms with Crippen LogP contribution in [-0.2, 0) is 9.53 Å². The van der Waals surface area contributed by atoms with Gasteiger partial charge in [-0.1, -0.05) is 30.3 Å². The SMILES string of the molecule is NC(=O)c1ccc(N2CCC3(CC2)O[C@@H]2CC[C@@H](c4ccccc4)N2C3=O)n2nccc12. The van der Waals surface area contributed by atoms with Crippen molar-refractivity contribution < 1.29 is 14.3 Å². The maximum absolute atomic E-state index is 13.6. The molecule has 0 aliphatic carbocycles. The quantitative estimate of drug-likeness (QED) is 0.688. The van der Waals surface area contributed by atoms with Crippen LogP contribution in [0.25, 0.3) is 5.52 Å². The average Bonchev–Trinajstić information content (AvgIpc) is 3.51. The number of pyridine rings is 1. The minimum Gasteiger partial charge on any atom is -0.366 e. The highest BCUT2D eigenvalue weighted by atomic mass is 16.6. The Kier molecular flexibility index (Phi) is 4.26. The number of nitrogens with zero attached hydrogens (tertiary/aromatic N) is 4. The second kappa shape index (κ2) is 7.06. The molecule has 2 atom stereocenters. The molecule has 0 bridgehead atoms. The Morgan fingerprint density at radius 2 is 1.84 bits per heavy atom. The van der Waals surface area contributed by atoms with E-state index in [-0.39, 0.29) is 18.2 Å². The molecule has 3 fully saturated rings. The molecule has 2 amide bonds. The molecule has 2 N–H and O–H groups in total. The van der Waals surface area contributed by atoms with Crippen molar-refractivity contribution in [3.8, 4) is 0 Å². The third kappa shape index (κ3) is 2.75. The van der Waals surface area contributed by atoms with Crippen molar-refractivity contribution >= 4 is 23.1 Å².